The van der Waals surface area contributed by atoms with E-state index in [2.05, 4.69) is 6.07 Å². The second-order valence-electron chi connectivity index (χ2n) is 7.07. The fourth-order valence-corrected chi connectivity index (χ4v) is 4.10. The number of hydrogen-bond acceptors (Lipinski definition) is 5. The van der Waals surface area contributed by atoms with E-state index in [1.807, 2.05) is 12.1 Å². The highest BCUT2D eigenvalue weighted by atomic mass is 19.1. The molecule has 1 atom stereocenters. The van der Waals surface area contributed by atoms with Crippen LogP contribution >= 0.6 is 0 Å². The van der Waals surface area contributed by atoms with Crippen LogP contribution in [0.15, 0.2) is 71.2 Å². The van der Waals surface area contributed by atoms with E-state index < -0.39 is 5.92 Å². The number of ketones is 1. The molecule has 5 nitrogen and oxygen atoms in total. The fourth-order valence-electron chi connectivity index (χ4n) is 4.10. The van der Waals surface area contributed by atoms with Crippen LogP contribution in [0.25, 0.3) is 0 Å². The molecule has 1 heterocycles. The van der Waals surface area contributed by atoms with Crippen LogP contribution in [0.5, 0.6) is 5.75 Å². The van der Waals surface area contributed by atoms with Gasteiger partial charge in [-0.15, -0.1) is 0 Å². The van der Waals surface area contributed by atoms with Gasteiger partial charge in [0.15, 0.2) is 5.78 Å². The van der Waals surface area contributed by atoms with E-state index in [0.29, 0.717) is 41.8 Å². The number of benzene rings is 2. The molecule has 2 aliphatic rings. The number of nitriles is 1. The van der Waals surface area contributed by atoms with Crippen molar-refractivity contribution in [1.82, 2.24) is 0 Å². The van der Waals surface area contributed by atoms with Gasteiger partial charge in [0.2, 0.25) is 0 Å². The number of Topliss-reactive ketones (excluding diaryl/α,β-unsaturated/α-hetero) is 1. The van der Waals surface area contributed by atoms with Gasteiger partial charge >= 0.3 is 0 Å². The lowest BCUT2D eigenvalue weighted by atomic mass is 9.75. The largest absolute Gasteiger partial charge is 0.497 e. The van der Waals surface area contributed by atoms with Crippen LogP contribution < -0.4 is 15.4 Å². The summed E-state index contributed by atoms with van der Waals surface area (Å²) in [6.07, 6.45) is 1.80. The number of allylic oxidation sites excluding steroid dienone is 3. The maximum Gasteiger partial charge on any atom is 0.161 e. The molecule has 1 aliphatic heterocycles. The molecular weight excluding hydrogens is 369 g/mol. The van der Waals surface area contributed by atoms with Gasteiger partial charge in [0, 0.05) is 23.4 Å². The highest BCUT2D eigenvalue weighted by Crippen LogP contribution is 2.46. The third-order valence-electron chi connectivity index (χ3n) is 5.45. The Morgan fingerprint density at radius 3 is 2.45 bits per heavy atom. The molecule has 0 saturated carbocycles. The normalized spacial score (nSPS) is 19.1. The van der Waals surface area contributed by atoms with E-state index in [0.717, 1.165) is 11.3 Å². The Morgan fingerprint density at radius 2 is 1.83 bits per heavy atom. The maximum absolute atomic E-state index is 13.4. The summed E-state index contributed by atoms with van der Waals surface area (Å²) in [5.74, 6) is 0.0918. The van der Waals surface area contributed by atoms with Crippen molar-refractivity contribution >= 4 is 11.5 Å². The van der Waals surface area contributed by atoms with Crippen molar-refractivity contribution in [2.75, 3.05) is 12.0 Å². The van der Waals surface area contributed by atoms with Gasteiger partial charge in [-0.2, -0.15) is 5.26 Å². The minimum absolute atomic E-state index is 0.0134. The van der Waals surface area contributed by atoms with Crippen molar-refractivity contribution in [3.63, 3.8) is 0 Å². The first-order chi connectivity index (χ1) is 14.0. The minimum Gasteiger partial charge on any atom is -0.497 e. The van der Waals surface area contributed by atoms with Crippen LogP contribution in [0.2, 0.25) is 0 Å². The first-order valence-corrected chi connectivity index (χ1v) is 9.40. The summed E-state index contributed by atoms with van der Waals surface area (Å²) in [4.78, 5) is 14.7. The smallest absolute Gasteiger partial charge is 0.161 e. The van der Waals surface area contributed by atoms with Crippen LogP contribution in [0, 0.1) is 17.1 Å². The predicted molar refractivity (Wildman–Crippen MR) is 107 cm³/mol. The van der Waals surface area contributed by atoms with Crippen LogP contribution in [0.4, 0.5) is 10.1 Å². The maximum atomic E-state index is 13.4. The van der Waals surface area contributed by atoms with Gasteiger partial charge in [-0.1, -0.05) is 12.1 Å². The summed E-state index contributed by atoms with van der Waals surface area (Å²) in [5.41, 5.74) is 9.59. The molecule has 146 valence electrons. The Hall–Kier alpha value is -3.59. The highest BCUT2D eigenvalue weighted by Gasteiger charge is 2.40. The SMILES string of the molecule is COc1ccc(C2C(C#N)=C(N)N(c3ccc(F)cc3)C3=C2C(=O)CCC3)cc1. The Kier molecular flexibility index (Phi) is 4.81. The van der Waals surface area contributed by atoms with Crippen molar-refractivity contribution in [3.05, 3.63) is 82.6 Å². The third-order valence-corrected chi connectivity index (χ3v) is 5.45. The van der Waals surface area contributed by atoms with Crippen molar-refractivity contribution in [3.8, 4) is 11.8 Å². The van der Waals surface area contributed by atoms with Crippen LogP contribution in [0.3, 0.4) is 0 Å². The zero-order valence-electron chi connectivity index (χ0n) is 16.0. The van der Waals surface area contributed by atoms with E-state index in [4.69, 9.17) is 10.5 Å². The zero-order chi connectivity index (χ0) is 20.5. The van der Waals surface area contributed by atoms with Gasteiger partial charge in [-0.3, -0.25) is 9.69 Å². The molecule has 1 unspecified atom stereocenters. The average Bonchev–Trinajstić information content (AvgIpc) is 2.74. The second kappa shape index (κ2) is 7.44. The topological polar surface area (TPSA) is 79.3 Å². The molecule has 0 bridgehead atoms. The molecule has 1 aliphatic carbocycles. The molecular formula is C23H20FN3O2. The van der Waals surface area contributed by atoms with Crippen LogP contribution in [-0.4, -0.2) is 12.9 Å². The summed E-state index contributed by atoms with van der Waals surface area (Å²) in [7, 11) is 1.58. The molecule has 2 aromatic carbocycles. The summed E-state index contributed by atoms with van der Waals surface area (Å²) in [5, 5.41) is 9.95. The van der Waals surface area contributed by atoms with Gasteiger partial charge < -0.3 is 10.5 Å². The number of halogens is 1. The van der Waals surface area contributed by atoms with Gasteiger partial charge in [0.25, 0.3) is 0 Å². The quantitative estimate of drug-likeness (QED) is 0.853. The lowest BCUT2D eigenvalue weighted by Gasteiger charge is -2.39. The number of ether oxygens (including phenoxy) is 1. The summed E-state index contributed by atoms with van der Waals surface area (Å²) in [6.45, 7) is 0. The Labute approximate surface area is 168 Å². The average molecular weight is 389 g/mol. The minimum atomic E-state index is -0.523. The highest BCUT2D eigenvalue weighted by molar-refractivity contribution is 6.01. The molecule has 0 fully saturated rings. The van der Waals surface area contributed by atoms with Crippen molar-refractivity contribution in [1.29, 1.82) is 5.26 Å². The lowest BCUT2D eigenvalue weighted by molar-refractivity contribution is -0.116. The monoisotopic (exact) mass is 389 g/mol. The fraction of sp³-hybridized carbons (Fsp3) is 0.217. The number of nitrogens with zero attached hydrogens (tertiary/aromatic N) is 2. The third kappa shape index (κ3) is 3.15. The summed E-state index contributed by atoms with van der Waals surface area (Å²) < 4.78 is 18.7. The standard InChI is InChI=1S/C23H20FN3O2/c1-29-17-11-5-14(6-12-17)21-18(13-25)23(26)27(16-9-7-15(24)8-10-16)19-3-2-4-20(28)22(19)21/h5-12,21H,2-4,26H2,1H3. The first-order valence-electron chi connectivity index (χ1n) is 9.40. The van der Waals surface area contributed by atoms with E-state index >= 15 is 0 Å². The molecule has 0 aromatic heterocycles. The molecule has 4 rings (SSSR count). The Bertz CT molecular complexity index is 1060. The van der Waals surface area contributed by atoms with Crippen LogP contribution in [0.1, 0.15) is 30.7 Å². The molecule has 0 amide bonds. The van der Waals surface area contributed by atoms with Gasteiger partial charge in [0.1, 0.15) is 17.4 Å². The molecule has 0 spiro atoms. The zero-order valence-corrected chi connectivity index (χ0v) is 16.0. The van der Waals surface area contributed by atoms with Gasteiger partial charge in [0.05, 0.1) is 24.7 Å². The van der Waals surface area contributed by atoms with Crippen molar-refractivity contribution in [2.24, 2.45) is 5.73 Å². The number of anilines is 1. The van der Waals surface area contributed by atoms with E-state index in [1.165, 1.54) is 12.1 Å². The van der Waals surface area contributed by atoms with Gasteiger partial charge in [-0.25, -0.2) is 4.39 Å². The molecule has 0 radical (unpaired) electrons. The van der Waals surface area contributed by atoms with Crippen molar-refractivity contribution in [2.45, 2.75) is 25.2 Å². The predicted octanol–water partition coefficient (Wildman–Crippen LogP) is 4.14. The lowest BCUT2D eigenvalue weighted by Crippen LogP contribution is -2.38. The Morgan fingerprint density at radius 1 is 1.14 bits per heavy atom. The van der Waals surface area contributed by atoms with E-state index in [-0.39, 0.29) is 17.4 Å². The van der Waals surface area contributed by atoms with E-state index in [1.54, 1.807) is 36.3 Å². The number of methoxy groups -OCH3 is 1. The number of rotatable bonds is 3. The number of carbonyl (C=O) groups excluding carboxylic acids is 1. The second-order valence-corrected chi connectivity index (χ2v) is 7.07. The molecule has 29 heavy (non-hydrogen) atoms. The first kappa shape index (κ1) is 18.8. The number of nitrogens with two attached hydrogens (primary N) is 1. The summed E-state index contributed by atoms with van der Waals surface area (Å²) >= 11 is 0. The van der Waals surface area contributed by atoms with Crippen molar-refractivity contribution < 1.29 is 13.9 Å². The molecule has 2 aromatic rings. The molecule has 0 saturated heterocycles. The number of carbonyl (C=O) groups is 1. The molecule has 6 heteroatoms. The molecule has 2 N–H and O–H groups in total. The Balaban J connectivity index is 1.92. The van der Waals surface area contributed by atoms with Gasteiger partial charge in [-0.05, 0) is 54.8 Å². The van der Waals surface area contributed by atoms with E-state index in [9.17, 15) is 14.4 Å². The number of hydrogen-bond donors (Lipinski definition) is 1. The van der Waals surface area contributed by atoms with Crippen LogP contribution in [-0.2, 0) is 4.79 Å². The summed E-state index contributed by atoms with van der Waals surface area (Å²) in [6, 6.07) is 15.4.